The Labute approximate surface area is 199 Å². The van der Waals surface area contributed by atoms with Gasteiger partial charge in [-0.15, -0.1) is 5.10 Å². The summed E-state index contributed by atoms with van der Waals surface area (Å²) in [5.41, 5.74) is 1.32. The van der Waals surface area contributed by atoms with Crippen molar-refractivity contribution in [3.05, 3.63) is 51.8 Å². The first kappa shape index (κ1) is 21.3. The van der Waals surface area contributed by atoms with Crippen LogP contribution in [0.15, 0.2) is 35.5 Å². The number of imidazole rings is 1. The van der Waals surface area contributed by atoms with Gasteiger partial charge < -0.3 is 9.64 Å². The van der Waals surface area contributed by atoms with Crippen LogP contribution in [0.5, 0.6) is 0 Å². The Morgan fingerprint density at radius 1 is 1.26 bits per heavy atom. The summed E-state index contributed by atoms with van der Waals surface area (Å²) in [5.74, 6) is 0.383. The van der Waals surface area contributed by atoms with Crippen LogP contribution in [0.1, 0.15) is 51.3 Å². The third-order valence-corrected chi connectivity index (χ3v) is 7.31. The molecule has 2 atom stereocenters. The summed E-state index contributed by atoms with van der Waals surface area (Å²) in [6, 6.07) is 5.40. The molecule has 3 aromatic heterocycles. The van der Waals surface area contributed by atoms with E-state index in [1.165, 1.54) is 4.68 Å². The summed E-state index contributed by atoms with van der Waals surface area (Å²) in [6.07, 6.45) is 6.66. The molecule has 10 nitrogen and oxygen atoms in total. The quantitative estimate of drug-likeness (QED) is 0.446. The standard InChI is InChI=1S/C23H24ClN7O3/c1-14(32)28-10-4-8-17(28)16-12-30(27-26-16)21-20-22(33)31(23(2)9-5-11-34-23)19-15(24)6-3-7-18(19)29(20)13-25-21/h3,6-7,12-13,17H,4-5,8-11H2,1-2H3. The number of hydrogen-bond acceptors (Lipinski definition) is 6. The lowest BCUT2D eigenvalue weighted by molar-refractivity contribution is -0.129. The maximum absolute atomic E-state index is 14.0. The van der Waals surface area contributed by atoms with Crippen LogP contribution in [0.25, 0.3) is 22.4 Å². The molecule has 34 heavy (non-hydrogen) atoms. The highest BCUT2D eigenvalue weighted by Gasteiger charge is 2.36. The van der Waals surface area contributed by atoms with Gasteiger partial charge in [0, 0.05) is 20.1 Å². The molecule has 2 aliphatic rings. The molecule has 5 heterocycles. The molecule has 4 aromatic rings. The Morgan fingerprint density at radius 3 is 2.88 bits per heavy atom. The number of likely N-dealkylation sites (tertiary alicyclic amines) is 1. The van der Waals surface area contributed by atoms with Gasteiger partial charge in [-0.2, -0.15) is 4.68 Å². The summed E-state index contributed by atoms with van der Waals surface area (Å²) in [4.78, 5) is 32.4. The van der Waals surface area contributed by atoms with Crippen LogP contribution in [0.4, 0.5) is 0 Å². The number of para-hydroxylation sites is 1. The first-order chi connectivity index (χ1) is 16.4. The number of rotatable bonds is 3. The molecule has 0 spiro atoms. The van der Waals surface area contributed by atoms with Crippen molar-refractivity contribution in [2.75, 3.05) is 13.2 Å². The number of hydrogen-bond donors (Lipinski definition) is 0. The maximum Gasteiger partial charge on any atom is 0.281 e. The van der Waals surface area contributed by atoms with Gasteiger partial charge >= 0.3 is 0 Å². The average molecular weight is 482 g/mol. The molecule has 176 valence electrons. The molecule has 0 saturated carbocycles. The third kappa shape index (κ3) is 3.01. The molecule has 2 fully saturated rings. The Balaban J connectivity index is 1.57. The molecule has 2 aliphatic heterocycles. The van der Waals surface area contributed by atoms with Crippen LogP contribution >= 0.6 is 11.6 Å². The van der Waals surface area contributed by atoms with Gasteiger partial charge in [0.05, 0.1) is 28.3 Å². The van der Waals surface area contributed by atoms with Crippen LogP contribution < -0.4 is 5.56 Å². The Kier molecular flexibility index (Phi) is 4.79. The van der Waals surface area contributed by atoms with Crippen molar-refractivity contribution < 1.29 is 9.53 Å². The maximum atomic E-state index is 14.0. The molecule has 0 N–H and O–H groups in total. The number of carbonyl (C=O) groups excluding carboxylic acids is 1. The van der Waals surface area contributed by atoms with E-state index in [9.17, 15) is 9.59 Å². The molecule has 2 unspecified atom stereocenters. The number of fused-ring (bicyclic) bond motifs is 3. The number of carbonyl (C=O) groups is 1. The molecule has 2 saturated heterocycles. The van der Waals surface area contributed by atoms with Crippen molar-refractivity contribution in [1.29, 1.82) is 0 Å². The molecule has 0 aliphatic carbocycles. The number of ether oxygens (including phenoxy) is 1. The summed E-state index contributed by atoms with van der Waals surface area (Å²) < 4.78 is 11.0. The zero-order chi connectivity index (χ0) is 23.6. The second-order valence-electron chi connectivity index (χ2n) is 9.12. The average Bonchev–Trinajstić information content (AvgIpc) is 3.59. The SMILES string of the molecule is CC(=O)N1CCCC1c1cn(-c2ncn3c2c(=O)n(C2(C)CCCO2)c2c(Cl)cccc23)nn1. The lowest BCUT2D eigenvalue weighted by Crippen LogP contribution is -2.39. The van der Waals surface area contributed by atoms with Crippen molar-refractivity contribution in [2.24, 2.45) is 0 Å². The first-order valence-electron chi connectivity index (χ1n) is 11.4. The predicted molar refractivity (Wildman–Crippen MR) is 125 cm³/mol. The second-order valence-corrected chi connectivity index (χ2v) is 9.53. The van der Waals surface area contributed by atoms with Gasteiger partial charge in [-0.1, -0.05) is 22.9 Å². The highest BCUT2D eigenvalue weighted by atomic mass is 35.5. The van der Waals surface area contributed by atoms with Crippen molar-refractivity contribution in [2.45, 2.75) is 51.3 Å². The fraction of sp³-hybridized carbons (Fsp3) is 0.435. The molecule has 11 heteroatoms. The van der Waals surface area contributed by atoms with E-state index in [1.807, 2.05) is 19.1 Å². The van der Waals surface area contributed by atoms with E-state index in [4.69, 9.17) is 16.3 Å². The van der Waals surface area contributed by atoms with Crippen LogP contribution in [0, 0.1) is 0 Å². The monoisotopic (exact) mass is 481 g/mol. The molecule has 0 bridgehead atoms. The van der Waals surface area contributed by atoms with Gasteiger partial charge in [-0.3, -0.25) is 18.6 Å². The zero-order valence-electron chi connectivity index (χ0n) is 18.9. The van der Waals surface area contributed by atoms with Gasteiger partial charge in [-0.05, 0) is 44.7 Å². The largest absolute Gasteiger partial charge is 0.355 e. The number of nitrogens with zero attached hydrogens (tertiary/aromatic N) is 7. The van der Waals surface area contributed by atoms with E-state index in [2.05, 4.69) is 15.3 Å². The van der Waals surface area contributed by atoms with E-state index in [-0.39, 0.29) is 17.5 Å². The fourth-order valence-corrected chi connectivity index (χ4v) is 5.65. The molecule has 0 radical (unpaired) electrons. The second kappa shape index (κ2) is 7.64. The normalized spacial score (nSPS) is 22.9. The Morgan fingerprint density at radius 2 is 2.12 bits per heavy atom. The van der Waals surface area contributed by atoms with E-state index in [0.717, 1.165) is 24.8 Å². The molecule has 6 rings (SSSR count). The van der Waals surface area contributed by atoms with Crippen molar-refractivity contribution in [3.63, 3.8) is 0 Å². The topological polar surface area (TPSA) is 99.6 Å². The van der Waals surface area contributed by atoms with Gasteiger partial charge in [0.2, 0.25) is 5.91 Å². The summed E-state index contributed by atoms with van der Waals surface area (Å²) in [5, 5.41) is 9.08. The van der Waals surface area contributed by atoms with Crippen LogP contribution in [-0.4, -0.2) is 52.9 Å². The van der Waals surface area contributed by atoms with Crippen LogP contribution in [-0.2, 0) is 15.3 Å². The Bertz CT molecular complexity index is 1500. The summed E-state index contributed by atoms with van der Waals surface area (Å²) in [7, 11) is 0. The lowest BCUT2D eigenvalue weighted by atomic mass is 10.1. The fourth-order valence-electron chi connectivity index (χ4n) is 5.39. The minimum Gasteiger partial charge on any atom is -0.355 e. The summed E-state index contributed by atoms with van der Waals surface area (Å²) in [6.45, 7) is 4.76. The Hall–Kier alpha value is -3.24. The van der Waals surface area contributed by atoms with E-state index < -0.39 is 5.72 Å². The van der Waals surface area contributed by atoms with E-state index in [1.54, 1.807) is 39.4 Å². The minimum absolute atomic E-state index is 0.0144. The van der Waals surface area contributed by atoms with Crippen molar-refractivity contribution in [3.8, 4) is 5.82 Å². The third-order valence-electron chi connectivity index (χ3n) is 7.00. The number of halogens is 1. The first-order valence-corrected chi connectivity index (χ1v) is 11.8. The van der Waals surface area contributed by atoms with Gasteiger partial charge in [0.1, 0.15) is 17.7 Å². The van der Waals surface area contributed by atoms with Gasteiger partial charge in [-0.25, -0.2) is 4.98 Å². The van der Waals surface area contributed by atoms with Crippen LogP contribution in [0.2, 0.25) is 5.02 Å². The predicted octanol–water partition coefficient (Wildman–Crippen LogP) is 3.05. The molecular formula is C23H24ClN7O3. The van der Waals surface area contributed by atoms with E-state index in [0.29, 0.717) is 47.1 Å². The lowest BCUT2D eigenvalue weighted by Gasteiger charge is -2.28. The number of aromatic nitrogens is 6. The highest BCUT2D eigenvalue weighted by molar-refractivity contribution is 6.35. The zero-order valence-corrected chi connectivity index (χ0v) is 19.7. The summed E-state index contributed by atoms with van der Waals surface area (Å²) >= 11 is 6.61. The molecular weight excluding hydrogens is 458 g/mol. The minimum atomic E-state index is -0.816. The molecule has 1 amide bonds. The van der Waals surface area contributed by atoms with E-state index >= 15 is 0 Å². The van der Waals surface area contributed by atoms with Crippen LogP contribution in [0.3, 0.4) is 0 Å². The van der Waals surface area contributed by atoms with Gasteiger partial charge in [0.25, 0.3) is 5.56 Å². The van der Waals surface area contributed by atoms with Crippen molar-refractivity contribution in [1.82, 2.24) is 33.8 Å². The number of amides is 1. The smallest absolute Gasteiger partial charge is 0.281 e. The van der Waals surface area contributed by atoms with Crippen molar-refractivity contribution >= 4 is 34.1 Å². The highest BCUT2D eigenvalue weighted by Crippen LogP contribution is 2.35. The molecule has 1 aromatic carbocycles. The number of benzene rings is 1. The van der Waals surface area contributed by atoms with Gasteiger partial charge in [0.15, 0.2) is 11.3 Å².